The first kappa shape index (κ1) is 15.9. The average molecular weight is 299 g/mol. The van der Waals surface area contributed by atoms with Crippen LogP contribution >= 0.6 is 0 Å². The Morgan fingerprint density at radius 3 is 2.23 bits per heavy atom. The van der Waals surface area contributed by atoms with Crippen LogP contribution in [0.3, 0.4) is 0 Å². The molecule has 4 heteroatoms. The molecule has 2 rings (SSSR count). The maximum absolute atomic E-state index is 13.0. The molecule has 114 valence electrons. The lowest BCUT2D eigenvalue weighted by Crippen LogP contribution is -2.11. The van der Waals surface area contributed by atoms with Crippen LogP contribution < -0.4 is 5.73 Å². The molecule has 0 spiro atoms. The van der Waals surface area contributed by atoms with Crippen molar-refractivity contribution < 1.29 is 14.0 Å². The zero-order chi connectivity index (χ0) is 16.1. The summed E-state index contributed by atoms with van der Waals surface area (Å²) < 4.78 is 13.0. The zero-order valence-corrected chi connectivity index (χ0v) is 12.4. The second-order valence-corrected chi connectivity index (χ2v) is 5.19. The summed E-state index contributed by atoms with van der Waals surface area (Å²) in [6, 6.07) is 11.1. The number of amides is 1. The number of aryl methyl sites for hydroxylation is 2. The van der Waals surface area contributed by atoms with Crippen molar-refractivity contribution in [2.24, 2.45) is 5.73 Å². The molecule has 0 radical (unpaired) electrons. The van der Waals surface area contributed by atoms with Gasteiger partial charge in [-0.05, 0) is 60.4 Å². The molecule has 0 aromatic heterocycles. The number of benzene rings is 2. The fourth-order valence-corrected chi connectivity index (χ4v) is 2.28. The van der Waals surface area contributed by atoms with E-state index in [0.29, 0.717) is 17.5 Å². The molecule has 0 aliphatic carbocycles. The molecule has 22 heavy (non-hydrogen) atoms. The van der Waals surface area contributed by atoms with Crippen molar-refractivity contribution in [3.63, 3.8) is 0 Å². The fourth-order valence-electron chi connectivity index (χ4n) is 2.28. The molecule has 0 saturated carbocycles. The zero-order valence-electron chi connectivity index (χ0n) is 12.4. The Labute approximate surface area is 129 Å². The van der Waals surface area contributed by atoms with Crippen LogP contribution in [0.4, 0.5) is 4.39 Å². The molecule has 0 bridgehead atoms. The number of ketones is 1. The van der Waals surface area contributed by atoms with Gasteiger partial charge in [0, 0.05) is 17.5 Å². The third-order valence-corrected chi connectivity index (χ3v) is 3.49. The van der Waals surface area contributed by atoms with Crippen molar-refractivity contribution in [3.05, 3.63) is 70.5 Å². The van der Waals surface area contributed by atoms with Gasteiger partial charge in [0.2, 0.25) is 5.91 Å². The van der Waals surface area contributed by atoms with E-state index in [9.17, 15) is 14.0 Å². The summed E-state index contributed by atoms with van der Waals surface area (Å²) in [7, 11) is 0. The van der Waals surface area contributed by atoms with Gasteiger partial charge in [-0.1, -0.05) is 13.0 Å². The van der Waals surface area contributed by atoms with Gasteiger partial charge in [-0.25, -0.2) is 4.39 Å². The van der Waals surface area contributed by atoms with E-state index >= 15 is 0 Å². The van der Waals surface area contributed by atoms with E-state index in [1.807, 2.05) is 19.1 Å². The first-order valence-electron chi connectivity index (χ1n) is 7.21. The molecule has 2 N–H and O–H groups in total. The largest absolute Gasteiger partial charge is 0.370 e. The van der Waals surface area contributed by atoms with Crippen molar-refractivity contribution >= 4 is 11.7 Å². The lowest BCUT2D eigenvalue weighted by atomic mass is 9.96. The molecule has 0 heterocycles. The Bertz CT molecular complexity index is 693. The van der Waals surface area contributed by atoms with Gasteiger partial charge in [0.05, 0.1) is 0 Å². The number of carbonyl (C=O) groups is 2. The van der Waals surface area contributed by atoms with Crippen LogP contribution in [0.1, 0.15) is 40.4 Å². The first-order chi connectivity index (χ1) is 10.5. The van der Waals surface area contributed by atoms with Crippen LogP contribution in [-0.2, 0) is 17.6 Å². The van der Waals surface area contributed by atoms with Crippen molar-refractivity contribution in [1.82, 2.24) is 0 Å². The normalized spacial score (nSPS) is 10.5. The molecule has 2 aromatic carbocycles. The van der Waals surface area contributed by atoms with E-state index in [2.05, 4.69) is 0 Å². The monoisotopic (exact) mass is 299 g/mol. The lowest BCUT2D eigenvalue weighted by Gasteiger charge is -2.08. The van der Waals surface area contributed by atoms with Crippen LogP contribution in [0.5, 0.6) is 0 Å². The standard InChI is InChI=1S/C18H18FNO2/c1-2-12-9-13(3-8-17(20)21)11-15(10-12)18(22)14-4-6-16(19)7-5-14/h4-7,9-11H,2-3,8H2,1H3,(H2,20,21). The minimum atomic E-state index is -0.374. The lowest BCUT2D eigenvalue weighted by molar-refractivity contribution is -0.117. The SMILES string of the molecule is CCc1cc(CCC(N)=O)cc(C(=O)c2ccc(F)cc2)c1. The average Bonchev–Trinajstić information content (AvgIpc) is 2.52. The van der Waals surface area contributed by atoms with Gasteiger partial charge < -0.3 is 5.73 Å². The summed E-state index contributed by atoms with van der Waals surface area (Å²) in [4.78, 5) is 23.4. The second-order valence-electron chi connectivity index (χ2n) is 5.19. The minimum absolute atomic E-state index is 0.157. The molecule has 0 fully saturated rings. The molecular weight excluding hydrogens is 281 g/mol. The predicted octanol–water partition coefficient (Wildman–Crippen LogP) is 3.04. The smallest absolute Gasteiger partial charge is 0.217 e. The van der Waals surface area contributed by atoms with Crippen LogP contribution in [0, 0.1) is 5.82 Å². The van der Waals surface area contributed by atoms with Crippen LogP contribution in [0.25, 0.3) is 0 Å². The van der Waals surface area contributed by atoms with E-state index < -0.39 is 0 Å². The Balaban J connectivity index is 2.32. The molecule has 3 nitrogen and oxygen atoms in total. The third kappa shape index (κ3) is 4.01. The Morgan fingerprint density at radius 2 is 1.64 bits per heavy atom. The topological polar surface area (TPSA) is 60.2 Å². The van der Waals surface area contributed by atoms with Gasteiger partial charge >= 0.3 is 0 Å². The van der Waals surface area contributed by atoms with Gasteiger partial charge in [0.25, 0.3) is 0 Å². The van der Waals surface area contributed by atoms with Crippen molar-refractivity contribution in [2.45, 2.75) is 26.2 Å². The highest BCUT2D eigenvalue weighted by Crippen LogP contribution is 2.17. The maximum atomic E-state index is 13.0. The molecule has 0 aliphatic rings. The highest BCUT2D eigenvalue weighted by molar-refractivity contribution is 6.09. The van der Waals surface area contributed by atoms with E-state index in [-0.39, 0.29) is 23.9 Å². The highest BCUT2D eigenvalue weighted by Gasteiger charge is 2.11. The number of primary amides is 1. The summed E-state index contributed by atoms with van der Waals surface area (Å²) in [6.45, 7) is 2.00. The van der Waals surface area contributed by atoms with Crippen molar-refractivity contribution in [1.29, 1.82) is 0 Å². The number of rotatable bonds is 6. The summed E-state index contributed by atoms with van der Waals surface area (Å²) in [5.41, 5.74) is 8.09. The van der Waals surface area contributed by atoms with Gasteiger partial charge in [0.15, 0.2) is 5.78 Å². The molecule has 0 atom stereocenters. The molecule has 0 aliphatic heterocycles. The van der Waals surface area contributed by atoms with Gasteiger partial charge in [-0.3, -0.25) is 9.59 Å². The Morgan fingerprint density at radius 1 is 1.00 bits per heavy atom. The van der Waals surface area contributed by atoms with Gasteiger partial charge in [0.1, 0.15) is 5.82 Å². The molecule has 0 unspecified atom stereocenters. The van der Waals surface area contributed by atoms with E-state index in [4.69, 9.17) is 5.73 Å². The van der Waals surface area contributed by atoms with Crippen molar-refractivity contribution in [2.75, 3.05) is 0 Å². The summed E-state index contributed by atoms with van der Waals surface area (Å²) in [5, 5.41) is 0. The summed E-state index contributed by atoms with van der Waals surface area (Å²) in [6.07, 6.45) is 1.54. The summed E-state index contributed by atoms with van der Waals surface area (Å²) >= 11 is 0. The van der Waals surface area contributed by atoms with E-state index in [1.54, 1.807) is 6.07 Å². The molecule has 1 amide bonds. The number of halogens is 1. The highest BCUT2D eigenvalue weighted by atomic mass is 19.1. The van der Waals surface area contributed by atoms with E-state index in [0.717, 1.165) is 17.5 Å². The van der Waals surface area contributed by atoms with Crippen molar-refractivity contribution in [3.8, 4) is 0 Å². The maximum Gasteiger partial charge on any atom is 0.217 e. The quantitative estimate of drug-likeness (QED) is 0.833. The molecule has 0 saturated heterocycles. The van der Waals surface area contributed by atoms with Gasteiger partial charge in [-0.15, -0.1) is 0 Å². The summed E-state index contributed by atoms with van der Waals surface area (Å²) in [5.74, 6) is -0.898. The second kappa shape index (κ2) is 6.98. The number of hydrogen-bond donors (Lipinski definition) is 1. The predicted molar refractivity (Wildman–Crippen MR) is 83.2 cm³/mol. The first-order valence-corrected chi connectivity index (χ1v) is 7.21. The Kier molecular flexibility index (Phi) is 5.04. The minimum Gasteiger partial charge on any atom is -0.370 e. The third-order valence-electron chi connectivity index (χ3n) is 3.49. The van der Waals surface area contributed by atoms with Crippen LogP contribution in [-0.4, -0.2) is 11.7 Å². The molecular formula is C18H18FNO2. The van der Waals surface area contributed by atoms with Crippen LogP contribution in [0.15, 0.2) is 42.5 Å². The fraction of sp³-hybridized carbons (Fsp3) is 0.222. The number of carbonyl (C=O) groups excluding carboxylic acids is 2. The number of hydrogen-bond acceptors (Lipinski definition) is 2. The number of nitrogens with two attached hydrogens (primary N) is 1. The van der Waals surface area contributed by atoms with Gasteiger partial charge in [-0.2, -0.15) is 0 Å². The molecule has 2 aromatic rings. The Hall–Kier alpha value is -2.49. The van der Waals surface area contributed by atoms with Crippen LogP contribution in [0.2, 0.25) is 0 Å². The van der Waals surface area contributed by atoms with E-state index in [1.165, 1.54) is 24.3 Å².